The number of carbonyl (C=O) groups excluding carboxylic acids is 2. The molecule has 31 heavy (non-hydrogen) atoms. The molecule has 4 rings (SSSR count). The molecule has 4 heteroatoms. The third-order valence-corrected chi connectivity index (χ3v) is 5.68. The molecule has 0 aromatic heterocycles. The van der Waals surface area contributed by atoms with Crippen LogP contribution in [0.5, 0.6) is 0 Å². The smallest absolute Gasteiger partial charge is 0.194 e. The molecule has 2 aromatic carbocycles. The normalized spacial score (nSPS) is 14.1. The van der Waals surface area contributed by atoms with E-state index in [1.54, 1.807) is 48.5 Å². The first-order chi connectivity index (χ1) is 15.2. The molecule has 1 heterocycles. The van der Waals surface area contributed by atoms with Crippen molar-refractivity contribution in [3.05, 3.63) is 96.0 Å². The first-order valence-electron chi connectivity index (χ1n) is 11.2. The molecule has 0 amide bonds. The van der Waals surface area contributed by atoms with Crippen LogP contribution in [0.3, 0.4) is 0 Å². The number of ketones is 2. The highest BCUT2D eigenvalue weighted by molar-refractivity contribution is 6.28. The molecule has 0 N–H and O–H groups in total. The van der Waals surface area contributed by atoms with E-state index in [2.05, 4.69) is 35.7 Å². The van der Waals surface area contributed by atoms with Crippen LogP contribution in [0.15, 0.2) is 73.7 Å². The maximum atomic E-state index is 12.1. The van der Waals surface area contributed by atoms with Crippen LogP contribution in [0.25, 0.3) is 0 Å². The number of carbonyl (C=O) groups is 2. The molecule has 2 aromatic rings. The molecule has 2 aliphatic rings. The van der Waals surface area contributed by atoms with E-state index in [1.165, 1.54) is 45.1 Å². The summed E-state index contributed by atoms with van der Waals surface area (Å²) in [5.41, 5.74) is 2.02. The molecule has 0 unspecified atom stereocenters. The Morgan fingerprint density at radius 2 is 1.26 bits per heavy atom. The monoisotopic (exact) mass is 416 g/mol. The third kappa shape index (κ3) is 5.72. The van der Waals surface area contributed by atoms with E-state index >= 15 is 0 Å². The summed E-state index contributed by atoms with van der Waals surface area (Å²) in [6.07, 6.45) is 14.4. The summed E-state index contributed by atoms with van der Waals surface area (Å²) in [6, 6.07) is 13.9. The molecule has 0 saturated carbocycles. The fourth-order valence-electron chi connectivity index (χ4n) is 3.89. The SMILES string of the molecule is C=CN1C=CN(CCCCCCCC)C1.O=C1c2ccccc2C(=O)c2ccccc21. The predicted molar refractivity (Wildman–Crippen MR) is 126 cm³/mol. The maximum absolute atomic E-state index is 12.1. The minimum atomic E-state index is -0.0641. The van der Waals surface area contributed by atoms with Crippen LogP contribution in [0, 0.1) is 0 Å². The summed E-state index contributed by atoms with van der Waals surface area (Å²) in [6.45, 7) is 8.19. The van der Waals surface area contributed by atoms with Crippen molar-refractivity contribution in [2.45, 2.75) is 45.4 Å². The highest BCUT2D eigenvalue weighted by Gasteiger charge is 2.28. The molecule has 0 saturated heterocycles. The molecule has 1 aliphatic carbocycles. The maximum Gasteiger partial charge on any atom is 0.194 e. The van der Waals surface area contributed by atoms with Crippen LogP contribution in [-0.4, -0.2) is 34.6 Å². The van der Waals surface area contributed by atoms with E-state index < -0.39 is 0 Å². The largest absolute Gasteiger partial charge is 0.358 e. The quantitative estimate of drug-likeness (QED) is 0.422. The van der Waals surface area contributed by atoms with E-state index in [0.29, 0.717) is 22.3 Å². The van der Waals surface area contributed by atoms with Gasteiger partial charge in [0, 0.05) is 41.2 Å². The van der Waals surface area contributed by atoms with Gasteiger partial charge in [-0.05, 0) is 12.6 Å². The fourth-order valence-corrected chi connectivity index (χ4v) is 3.89. The zero-order chi connectivity index (χ0) is 22.1. The number of nitrogens with zero attached hydrogens (tertiary/aromatic N) is 2. The highest BCUT2D eigenvalue weighted by Crippen LogP contribution is 2.26. The summed E-state index contributed by atoms with van der Waals surface area (Å²) >= 11 is 0. The number of benzene rings is 2. The van der Waals surface area contributed by atoms with Gasteiger partial charge in [-0.3, -0.25) is 9.59 Å². The summed E-state index contributed by atoms with van der Waals surface area (Å²) in [5.74, 6) is -0.128. The Kier molecular flexibility index (Phi) is 8.22. The van der Waals surface area contributed by atoms with Crippen molar-refractivity contribution in [1.82, 2.24) is 9.80 Å². The van der Waals surface area contributed by atoms with Crippen LogP contribution >= 0.6 is 0 Å². The van der Waals surface area contributed by atoms with E-state index in [0.717, 1.165) is 6.67 Å². The van der Waals surface area contributed by atoms with Gasteiger partial charge in [-0.2, -0.15) is 0 Å². The summed E-state index contributed by atoms with van der Waals surface area (Å²) in [7, 11) is 0. The van der Waals surface area contributed by atoms with E-state index in [4.69, 9.17) is 0 Å². The lowest BCUT2D eigenvalue weighted by atomic mass is 9.84. The van der Waals surface area contributed by atoms with E-state index in [9.17, 15) is 9.59 Å². The summed E-state index contributed by atoms with van der Waals surface area (Å²) in [5, 5.41) is 0. The third-order valence-electron chi connectivity index (χ3n) is 5.68. The number of unbranched alkanes of at least 4 members (excludes halogenated alkanes) is 5. The number of hydrogen-bond donors (Lipinski definition) is 0. The zero-order valence-corrected chi connectivity index (χ0v) is 18.4. The predicted octanol–water partition coefficient (Wildman–Crippen LogP) is 6.00. The molecule has 0 spiro atoms. The van der Waals surface area contributed by atoms with Gasteiger partial charge in [0.15, 0.2) is 11.6 Å². The van der Waals surface area contributed by atoms with Crippen molar-refractivity contribution in [2.75, 3.05) is 13.2 Å². The van der Waals surface area contributed by atoms with Gasteiger partial charge in [-0.15, -0.1) is 0 Å². The van der Waals surface area contributed by atoms with Crippen LogP contribution in [0.2, 0.25) is 0 Å². The Balaban J connectivity index is 0.000000176. The average Bonchev–Trinajstić information content (AvgIpc) is 3.28. The Morgan fingerprint density at radius 1 is 0.774 bits per heavy atom. The topological polar surface area (TPSA) is 40.6 Å². The summed E-state index contributed by atoms with van der Waals surface area (Å²) < 4.78 is 0. The van der Waals surface area contributed by atoms with Crippen LogP contribution in [0.1, 0.15) is 77.3 Å². The number of hydrogen-bond acceptors (Lipinski definition) is 4. The molecule has 162 valence electrons. The number of rotatable bonds is 8. The van der Waals surface area contributed by atoms with Gasteiger partial charge in [0.25, 0.3) is 0 Å². The molecule has 1 aliphatic heterocycles. The molecular formula is C27H32N2O2. The van der Waals surface area contributed by atoms with Crippen molar-refractivity contribution >= 4 is 11.6 Å². The Bertz CT molecular complexity index is 842. The van der Waals surface area contributed by atoms with Crippen molar-refractivity contribution in [3.8, 4) is 0 Å². The lowest BCUT2D eigenvalue weighted by molar-refractivity contribution is 0.0979. The standard InChI is InChI=1S/C14H8O2.C13H24N2/c15-13-9-5-1-2-6-10(9)14(16)12-8-4-3-7-11(12)13;1-3-5-6-7-8-9-10-15-12-11-14(4-2)13-15/h1-8H;4,11-12H,2-3,5-10,13H2,1H3. The van der Waals surface area contributed by atoms with Gasteiger partial charge in [0.05, 0.1) is 6.67 Å². The van der Waals surface area contributed by atoms with Crippen LogP contribution in [0.4, 0.5) is 0 Å². The Morgan fingerprint density at radius 3 is 1.71 bits per heavy atom. The van der Waals surface area contributed by atoms with Crippen LogP contribution in [-0.2, 0) is 0 Å². The van der Waals surface area contributed by atoms with E-state index in [1.807, 2.05) is 6.20 Å². The van der Waals surface area contributed by atoms with Gasteiger partial charge >= 0.3 is 0 Å². The molecule has 0 bridgehead atoms. The van der Waals surface area contributed by atoms with Crippen molar-refractivity contribution < 1.29 is 9.59 Å². The second-order valence-electron chi connectivity index (χ2n) is 7.97. The zero-order valence-electron chi connectivity index (χ0n) is 18.4. The number of fused-ring (bicyclic) bond motifs is 2. The Labute approximate surface area is 185 Å². The minimum absolute atomic E-state index is 0.0641. The Hall–Kier alpha value is -3.14. The second kappa shape index (κ2) is 11.3. The second-order valence-corrected chi connectivity index (χ2v) is 7.97. The minimum Gasteiger partial charge on any atom is -0.358 e. The van der Waals surface area contributed by atoms with E-state index in [-0.39, 0.29) is 11.6 Å². The van der Waals surface area contributed by atoms with Gasteiger partial charge in [0.2, 0.25) is 0 Å². The van der Waals surface area contributed by atoms with Gasteiger partial charge in [-0.25, -0.2) is 0 Å². The van der Waals surface area contributed by atoms with Gasteiger partial charge in [-0.1, -0.05) is 94.1 Å². The van der Waals surface area contributed by atoms with Gasteiger partial charge in [0.1, 0.15) is 0 Å². The van der Waals surface area contributed by atoms with Crippen molar-refractivity contribution in [2.24, 2.45) is 0 Å². The fraction of sp³-hybridized carbons (Fsp3) is 0.333. The highest BCUT2D eigenvalue weighted by atomic mass is 16.1. The first-order valence-corrected chi connectivity index (χ1v) is 11.2. The molecule has 0 radical (unpaired) electrons. The molecule has 4 nitrogen and oxygen atoms in total. The summed E-state index contributed by atoms with van der Waals surface area (Å²) in [4.78, 5) is 28.7. The average molecular weight is 417 g/mol. The molecule has 0 atom stereocenters. The molecular weight excluding hydrogens is 384 g/mol. The van der Waals surface area contributed by atoms with Gasteiger partial charge < -0.3 is 9.80 Å². The van der Waals surface area contributed by atoms with Crippen molar-refractivity contribution in [1.29, 1.82) is 0 Å². The lowest BCUT2D eigenvalue weighted by Crippen LogP contribution is -2.22. The van der Waals surface area contributed by atoms with Crippen LogP contribution < -0.4 is 0 Å². The molecule has 0 fully saturated rings. The first kappa shape index (κ1) is 22.5. The lowest BCUT2D eigenvalue weighted by Gasteiger charge is -2.18. The van der Waals surface area contributed by atoms with Crippen molar-refractivity contribution in [3.63, 3.8) is 0 Å².